The van der Waals surface area contributed by atoms with Crippen LogP contribution in [0.2, 0.25) is 0 Å². The second-order valence-electron chi connectivity index (χ2n) is 15.2. The van der Waals surface area contributed by atoms with Crippen molar-refractivity contribution in [2.75, 3.05) is 25.9 Å². The van der Waals surface area contributed by atoms with E-state index in [9.17, 15) is 24.0 Å². The van der Waals surface area contributed by atoms with Crippen molar-refractivity contribution in [3.05, 3.63) is 12.7 Å². The van der Waals surface area contributed by atoms with Gasteiger partial charge in [0.15, 0.2) is 0 Å². The normalized spacial score (nSPS) is 16.4. The maximum absolute atomic E-state index is 14.0. The summed E-state index contributed by atoms with van der Waals surface area (Å²) in [4.78, 5) is 67.7. The van der Waals surface area contributed by atoms with Crippen LogP contribution < -0.4 is 21.3 Å². The molecule has 1 saturated heterocycles. The highest BCUT2D eigenvalue weighted by Crippen LogP contribution is 2.27. The Labute approximate surface area is 303 Å². The van der Waals surface area contributed by atoms with Crippen molar-refractivity contribution >= 4 is 41.5 Å². The molecule has 286 valence electrons. The Kier molecular flexibility index (Phi) is 23.5. The van der Waals surface area contributed by atoms with Gasteiger partial charge >= 0.3 is 6.03 Å². The average molecular weight is 713 g/mol. The van der Waals surface area contributed by atoms with Crippen LogP contribution in [0, 0.1) is 16.7 Å². The number of ketones is 1. The average Bonchev–Trinajstić information content (AvgIpc) is 3.50. The molecule has 0 aromatic carbocycles. The van der Waals surface area contributed by atoms with Crippen molar-refractivity contribution in [1.29, 1.82) is 0 Å². The fourth-order valence-corrected chi connectivity index (χ4v) is 5.76. The Balaban J connectivity index is 0. The van der Waals surface area contributed by atoms with Gasteiger partial charge in [-0.2, -0.15) is 0 Å². The Morgan fingerprint density at radius 3 is 1.92 bits per heavy atom. The minimum atomic E-state index is -1.02. The number of nitrogens with zero attached hydrogens (tertiary/aromatic N) is 2. The molecule has 4 N–H and O–H groups in total. The van der Waals surface area contributed by atoms with Gasteiger partial charge in [-0.25, -0.2) is 9.10 Å². The van der Waals surface area contributed by atoms with Gasteiger partial charge in [-0.3, -0.25) is 19.2 Å². The zero-order chi connectivity index (χ0) is 38.7. The smallest absolute Gasteiger partial charge is 0.315 e. The molecule has 1 rings (SSSR count). The molecule has 0 bridgehead atoms. The van der Waals surface area contributed by atoms with E-state index in [1.165, 1.54) is 17.4 Å². The number of rotatable bonds is 15. The number of hydrogen-bond donors (Lipinski definition) is 4. The summed E-state index contributed by atoms with van der Waals surface area (Å²) in [6.07, 6.45) is 6.02. The summed E-state index contributed by atoms with van der Waals surface area (Å²) in [6.45, 7) is 32.7. The van der Waals surface area contributed by atoms with E-state index in [2.05, 4.69) is 80.6 Å². The highest BCUT2D eigenvalue weighted by atomic mass is 32.2. The maximum atomic E-state index is 14.0. The van der Waals surface area contributed by atoms with E-state index in [0.29, 0.717) is 25.9 Å². The topological polar surface area (TPSA) is 140 Å². The predicted octanol–water partition coefficient (Wildman–Crippen LogP) is 5.94. The minimum Gasteiger partial charge on any atom is -0.346 e. The molecule has 4 atom stereocenters. The van der Waals surface area contributed by atoms with Gasteiger partial charge in [-0.05, 0) is 56.1 Å². The summed E-state index contributed by atoms with van der Waals surface area (Å²) in [6, 6.07) is -3.11. The summed E-state index contributed by atoms with van der Waals surface area (Å²) < 4.78 is 2.20. The first-order valence-corrected chi connectivity index (χ1v) is 19.3. The van der Waals surface area contributed by atoms with E-state index in [4.69, 9.17) is 0 Å². The van der Waals surface area contributed by atoms with Crippen LogP contribution >= 0.6 is 11.9 Å². The van der Waals surface area contributed by atoms with E-state index in [1.54, 1.807) is 11.9 Å². The summed E-state index contributed by atoms with van der Waals surface area (Å²) in [5.74, 6) is -2.34. The monoisotopic (exact) mass is 713 g/mol. The molecule has 11 nitrogen and oxygen atoms in total. The maximum Gasteiger partial charge on any atom is 0.315 e. The number of urea groups is 1. The first-order valence-electron chi connectivity index (χ1n) is 18.1. The number of hydrogen-bond acceptors (Lipinski definition) is 7. The first kappa shape index (κ1) is 48.5. The van der Waals surface area contributed by atoms with Crippen LogP contribution in [0.1, 0.15) is 123 Å². The third-order valence-electron chi connectivity index (χ3n) is 7.72. The Hall–Kier alpha value is -2.60. The van der Waals surface area contributed by atoms with Crippen molar-refractivity contribution < 1.29 is 24.0 Å². The van der Waals surface area contributed by atoms with Crippen LogP contribution in [0.3, 0.4) is 0 Å². The van der Waals surface area contributed by atoms with Gasteiger partial charge in [-0.15, -0.1) is 6.58 Å². The summed E-state index contributed by atoms with van der Waals surface area (Å²) in [5.41, 5.74) is -0.899. The molecular weight excluding hydrogens is 641 g/mol. The van der Waals surface area contributed by atoms with Gasteiger partial charge in [-0.1, -0.05) is 108 Å². The van der Waals surface area contributed by atoms with Gasteiger partial charge in [0.2, 0.25) is 17.6 Å². The van der Waals surface area contributed by atoms with Crippen LogP contribution in [-0.2, 0) is 19.2 Å². The molecule has 0 saturated carbocycles. The van der Waals surface area contributed by atoms with Gasteiger partial charge in [0.25, 0.3) is 5.91 Å². The number of amides is 5. The number of Topliss-reactive ketones (excluding diaryl/α,β-unsaturated/α-hetero) is 1. The highest BCUT2D eigenvalue weighted by molar-refractivity contribution is 7.96. The number of likely N-dealkylation sites (tertiary alicyclic amines) is 1. The molecule has 1 aliphatic heterocycles. The largest absolute Gasteiger partial charge is 0.346 e. The molecule has 1 fully saturated rings. The highest BCUT2D eigenvalue weighted by Gasteiger charge is 2.43. The van der Waals surface area contributed by atoms with Crippen molar-refractivity contribution in [2.45, 2.75) is 153 Å². The standard InChI is InChI=1S/C32H58N6O5S.C3H8.C2H6/c1-13-16-33-28(41)25(39)22(18-20(2)3)34-27(40)23-15-14-17-37(23)29(42)26(32(9,10)11)36-30(43)35-24(31(6,7)8)19-38(44-12)21(4)5;1-3-2;1-2/h13,20-24,26H,1,14-19H2,2-12H3,(H,33,41)(H,34,40)(H2,35,36,43);3H2,1-2H3;1-2H3. The van der Waals surface area contributed by atoms with E-state index in [0.717, 1.165) is 0 Å². The van der Waals surface area contributed by atoms with E-state index >= 15 is 0 Å². The van der Waals surface area contributed by atoms with Crippen molar-refractivity contribution in [2.24, 2.45) is 16.7 Å². The van der Waals surface area contributed by atoms with E-state index < -0.39 is 47.2 Å². The molecule has 0 aromatic heterocycles. The zero-order valence-corrected chi connectivity index (χ0v) is 34.4. The summed E-state index contributed by atoms with van der Waals surface area (Å²) in [5, 5.41) is 11.3. The van der Waals surface area contributed by atoms with Gasteiger partial charge in [0.1, 0.15) is 12.1 Å². The van der Waals surface area contributed by atoms with E-state index in [1.807, 2.05) is 54.7 Å². The molecule has 49 heavy (non-hydrogen) atoms. The number of nitrogens with one attached hydrogen (secondary N) is 4. The van der Waals surface area contributed by atoms with Crippen molar-refractivity contribution in [3.63, 3.8) is 0 Å². The van der Waals surface area contributed by atoms with Crippen LogP contribution in [0.25, 0.3) is 0 Å². The molecule has 1 aliphatic rings. The molecule has 5 amide bonds. The molecule has 1 heterocycles. The number of carbonyl (C=O) groups is 5. The quantitative estimate of drug-likeness (QED) is 0.0937. The predicted molar refractivity (Wildman–Crippen MR) is 205 cm³/mol. The third-order valence-corrected chi connectivity index (χ3v) is 8.76. The lowest BCUT2D eigenvalue weighted by Crippen LogP contribution is -2.61. The zero-order valence-electron chi connectivity index (χ0n) is 33.5. The number of carbonyl (C=O) groups excluding carboxylic acids is 5. The Bertz CT molecular complexity index is 1040. The Morgan fingerprint density at radius 2 is 1.49 bits per heavy atom. The molecular formula is C37H72N6O5S. The lowest BCUT2D eigenvalue weighted by Gasteiger charge is -2.38. The Morgan fingerprint density at radius 1 is 0.939 bits per heavy atom. The fraction of sp³-hybridized carbons (Fsp3) is 0.811. The second-order valence-corrected chi connectivity index (χ2v) is 16.0. The van der Waals surface area contributed by atoms with Crippen molar-refractivity contribution in [3.8, 4) is 0 Å². The molecule has 12 heteroatoms. The van der Waals surface area contributed by atoms with E-state index in [-0.39, 0.29) is 42.3 Å². The van der Waals surface area contributed by atoms with Crippen LogP contribution in [0.4, 0.5) is 4.79 Å². The molecule has 4 unspecified atom stereocenters. The molecule has 0 radical (unpaired) electrons. The summed E-state index contributed by atoms with van der Waals surface area (Å²) >= 11 is 1.62. The molecule has 0 aromatic rings. The lowest BCUT2D eigenvalue weighted by molar-refractivity contribution is -0.143. The fourth-order valence-electron chi connectivity index (χ4n) is 5.04. The second kappa shape index (κ2) is 23.7. The SMILES string of the molecule is C=CCNC(=O)C(=O)C(CC(C)C)NC(=O)C1CCCN1C(=O)C(NC(=O)NC(CN(SC)C(C)C)C(C)(C)C)C(C)(C)C.CC.CCC. The first-order chi connectivity index (χ1) is 22.7. The third kappa shape index (κ3) is 17.8. The minimum absolute atomic E-state index is 0.0335. The lowest BCUT2D eigenvalue weighted by atomic mass is 9.85. The van der Waals surface area contributed by atoms with Crippen LogP contribution in [0.15, 0.2) is 12.7 Å². The van der Waals surface area contributed by atoms with Crippen LogP contribution in [-0.4, -0.2) is 94.8 Å². The van der Waals surface area contributed by atoms with Crippen LogP contribution in [0.5, 0.6) is 0 Å². The van der Waals surface area contributed by atoms with Gasteiger partial charge in [0, 0.05) is 31.7 Å². The van der Waals surface area contributed by atoms with Gasteiger partial charge in [0.05, 0.1) is 6.04 Å². The molecule has 0 spiro atoms. The van der Waals surface area contributed by atoms with Gasteiger partial charge < -0.3 is 26.2 Å². The summed E-state index contributed by atoms with van der Waals surface area (Å²) in [7, 11) is 0. The molecule has 0 aliphatic carbocycles. The van der Waals surface area contributed by atoms with Crippen molar-refractivity contribution in [1.82, 2.24) is 30.5 Å².